The Morgan fingerprint density at radius 2 is 1.74 bits per heavy atom. The van der Waals surface area contributed by atoms with Gasteiger partial charge in [-0.15, -0.1) is 0 Å². The van der Waals surface area contributed by atoms with E-state index in [4.69, 9.17) is 39.5 Å². The zero-order valence-corrected chi connectivity index (χ0v) is 20.3. The van der Waals surface area contributed by atoms with E-state index in [2.05, 4.69) is 5.32 Å². The fraction of sp³-hybridized carbons (Fsp3) is 0.0800. The smallest absolute Gasteiger partial charge is 0.335 e. The van der Waals surface area contributed by atoms with Crippen molar-refractivity contribution < 1.29 is 23.5 Å². The van der Waals surface area contributed by atoms with Crippen LogP contribution in [-0.2, 0) is 16.2 Å². The molecular formula is C25H16Cl3FN2O4. The Balaban J connectivity index is 1.75. The number of imide groups is 2. The van der Waals surface area contributed by atoms with Gasteiger partial charge in [0.15, 0.2) is 0 Å². The van der Waals surface area contributed by atoms with Gasteiger partial charge in [0, 0.05) is 21.2 Å². The second-order valence-electron chi connectivity index (χ2n) is 7.53. The second kappa shape index (κ2) is 10.1. The van der Waals surface area contributed by atoms with Gasteiger partial charge in [-0.2, -0.15) is 0 Å². The molecule has 0 aromatic heterocycles. The highest BCUT2D eigenvalue weighted by Crippen LogP contribution is 2.36. The Bertz CT molecular complexity index is 1410. The molecule has 1 aliphatic heterocycles. The predicted octanol–water partition coefficient (Wildman–Crippen LogP) is 6.34. The molecule has 0 saturated carbocycles. The van der Waals surface area contributed by atoms with E-state index in [9.17, 15) is 18.8 Å². The molecule has 4 amide bonds. The SMILES string of the molecule is Cc1c(Cl)cccc1N1C(=O)NC(=O)/C(=C\c2cc(Cl)cc(Cl)c2OCc2ccccc2F)C1=O. The molecule has 0 aliphatic carbocycles. The average molecular weight is 534 g/mol. The molecule has 0 unspecified atom stereocenters. The number of carbonyl (C=O) groups is 3. The third kappa shape index (κ3) is 5.03. The second-order valence-corrected chi connectivity index (χ2v) is 8.78. The van der Waals surface area contributed by atoms with Crippen molar-refractivity contribution in [2.75, 3.05) is 4.90 Å². The number of amides is 4. The Morgan fingerprint density at radius 3 is 2.49 bits per heavy atom. The summed E-state index contributed by atoms with van der Waals surface area (Å²) in [5, 5.41) is 2.79. The zero-order chi connectivity index (χ0) is 25.3. The van der Waals surface area contributed by atoms with Gasteiger partial charge in [0.2, 0.25) is 0 Å². The number of halogens is 4. The maximum Gasteiger partial charge on any atom is 0.335 e. The number of hydrogen-bond acceptors (Lipinski definition) is 4. The molecule has 4 rings (SSSR count). The highest BCUT2D eigenvalue weighted by molar-refractivity contribution is 6.40. The summed E-state index contributed by atoms with van der Waals surface area (Å²) in [4.78, 5) is 39.3. The number of nitrogens with zero attached hydrogens (tertiary/aromatic N) is 1. The van der Waals surface area contributed by atoms with Gasteiger partial charge in [0.1, 0.15) is 23.7 Å². The zero-order valence-electron chi connectivity index (χ0n) is 18.1. The van der Waals surface area contributed by atoms with Gasteiger partial charge in [-0.1, -0.05) is 59.1 Å². The molecule has 1 N–H and O–H groups in total. The number of urea groups is 1. The minimum absolute atomic E-state index is 0.0785. The molecule has 1 fully saturated rings. The summed E-state index contributed by atoms with van der Waals surface area (Å²) >= 11 is 18.6. The lowest BCUT2D eigenvalue weighted by Gasteiger charge is -2.28. The van der Waals surface area contributed by atoms with Crippen molar-refractivity contribution >= 4 is 64.4 Å². The lowest BCUT2D eigenvalue weighted by molar-refractivity contribution is -0.122. The average Bonchev–Trinajstić information content (AvgIpc) is 2.79. The molecule has 178 valence electrons. The van der Waals surface area contributed by atoms with Gasteiger partial charge in [0.25, 0.3) is 11.8 Å². The van der Waals surface area contributed by atoms with Crippen LogP contribution in [0.2, 0.25) is 15.1 Å². The quantitative estimate of drug-likeness (QED) is 0.307. The number of benzene rings is 3. The van der Waals surface area contributed by atoms with Gasteiger partial charge in [-0.05, 0) is 48.9 Å². The van der Waals surface area contributed by atoms with Crippen molar-refractivity contribution in [1.82, 2.24) is 5.32 Å². The summed E-state index contributed by atoms with van der Waals surface area (Å²) < 4.78 is 19.8. The number of carbonyl (C=O) groups excluding carboxylic acids is 3. The number of hydrogen-bond donors (Lipinski definition) is 1. The van der Waals surface area contributed by atoms with Crippen LogP contribution in [-0.4, -0.2) is 17.8 Å². The van der Waals surface area contributed by atoms with E-state index in [-0.39, 0.29) is 44.8 Å². The number of barbiturate groups is 1. The van der Waals surface area contributed by atoms with Crippen LogP contribution in [0.3, 0.4) is 0 Å². The summed E-state index contributed by atoms with van der Waals surface area (Å²) in [7, 11) is 0. The third-order valence-electron chi connectivity index (χ3n) is 5.25. The van der Waals surface area contributed by atoms with Crippen molar-refractivity contribution in [3.8, 4) is 5.75 Å². The summed E-state index contributed by atoms with van der Waals surface area (Å²) in [6, 6.07) is 12.7. The molecule has 0 atom stereocenters. The molecule has 3 aromatic rings. The maximum atomic E-state index is 14.0. The van der Waals surface area contributed by atoms with E-state index >= 15 is 0 Å². The predicted molar refractivity (Wildman–Crippen MR) is 132 cm³/mol. The molecule has 1 heterocycles. The van der Waals surface area contributed by atoms with Gasteiger partial charge in [0.05, 0.1) is 10.7 Å². The number of rotatable bonds is 5. The minimum Gasteiger partial charge on any atom is -0.487 e. The molecule has 0 radical (unpaired) electrons. The molecule has 0 spiro atoms. The standard InChI is InChI=1S/C25H16Cl3FN2O4/c1-13-18(27)6-4-8-21(13)31-24(33)17(23(32)30-25(31)34)10-15-9-16(26)11-19(28)22(15)35-12-14-5-2-3-7-20(14)29/h2-11H,12H2,1H3,(H,30,32,34)/b17-10+. The van der Waals surface area contributed by atoms with E-state index in [0.717, 1.165) is 4.90 Å². The molecule has 10 heteroatoms. The largest absolute Gasteiger partial charge is 0.487 e. The van der Waals surface area contributed by atoms with Gasteiger partial charge < -0.3 is 4.74 Å². The van der Waals surface area contributed by atoms with E-state index in [1.807, 2.05) is 0 Å². The van der Waals surface area contributed by atoms with E-state index < -0.39 is 23.7 Å². The maximum absolute atomic E-state index is 14.0. The number of nitrogens with one attached hydrogen (secondary N) is 1. The molecule has 3 aromatic carbocycles. The van der Waals surface area contributed by atoms with Crippen molar-refractivity contribution in [3.63, 3.8) is 0 Å². The minimum atomic E-state index is -0.914. The lowest BCUT2D eigenvalue weighted by atomic mass is 10.0. The van der Waals surface area contributed by atoms with Gasteiger partial charge in [-0.25, -0.2) is 14.1 Å². The van der Waals surface area contributed by atoms with Crippen LogP contribution in [0, 0.1) is 12.7 Å². The van der Waals surface area contributed by atoms with E-state index in [1.165, 1.54) is 30.3 Å². The number of ether oxygens (including phenoxy) is 1. The van der Waals surface area contributed by atoms with Crippen LogP contribution >= 0.6 is 34.8 Å². The van der Waals surface area contributed by atoms with Crippen molar-refractivity contribution in [1.29, 1.82) is 0 Å². The molecule has 0 bridgehead atoms. The van der Waals surface area contributed by atoms with Gasteiger partial charge in [-0.3, -0.25) is 14.9 Å². The summed E-state index contributed by atoms with van der Waals surface area (Å²) in [5.41, 5.74) is 0.800. The highest BCUT2D eigenvalue weighted by Gasteiger charge is 2.38. The molecular weight excluding hydrogens is 518 g/mol. The Kier molecular flexibility index (Phi) is 7.12. The van der Waals surface area contributed by atoms with Crippen molar-refractivity contribution in [2.24, 2.45) is 0 Å². The third-order valence-corrected chi connectivity index (χ3v) is 6.16. The van der Waals surface area contributed by atoms with E-state index in [0.29, 0.717) is 10.6 Å². The van der Waals surface area contributed by atoms with E-state index in [1.54, 1.807) is 37.3 Å². The lowest BCUT2D eigenvalue weighted by Crippen LogP contribution is -2.54. The fourth-order valence-electron chi connectivity index (χ4n) is 3.48. The summed E-state index contributed by atoms with van der Waals surface area (Å²) in [6.45, 7) is 1.47. The Morgan fingerprint density at radius 1 is 1.00 bits per heavy atom. The number of anilines is 1. The highest BCUT2D eigenvalue weighted by atomic mass is 35.5. The first-order valence-corrected chi connectivity index (χ1v) is 11.3. The van der Waals surface area contributed by atoms with Crippen LogP contribution in [0.5, 0.6) is 5.75 Å². The van der Waals surface area contributed by atoms with Crippen LogP contribution in [0.15, 0.2) is 60.2 Å². The van der Waals surface area contributed by atoms with Crippen LogP contribution in [0.1, 0.15) is 16.7 Å². The summed E-state index contributed by atoms with van der Waals surface area (Å²) in [5.74, 6) is -2.17. The first-order valence-electron chi connectivity index (χ1n) is 10.2. The van der Waals surface area contributed by atoms with Crippen molar-refractivity contribution in [3.05, 3.63) is 97.7 Å². The fourth-order valence-corrected chi connectivity index (χ4v) is 4.21. The van der Waals surface area contributed by atoms with Gasteiger partial charge >= 0.3 is 6.03 Å². The van der Waals surface area contributed by atoms with Crippen LogP contribution < -0.4 is 15.0 Å². The topological polar surface area (TPSA) is 75.7 Å². The first kappa shape index (κ1) is 24.7. The monoisotopic (exact) mass is 532 g/mol. The normalized spacial score (nSPS) is 14.9. The van der Waals surface area contributed by atoms with Crippen molar-refractivity contribution in [2.45, 2.75) is 13.5 Å². The molecule has 6 nitrogen and oxygen atoms in total. The molecule has 35 heavy (non-hydrogen) atoms. The van der Waals surface area contributed by atoms with Crippen LogP contribution in [0.4, 0.5) is 14.9 Å². The Hall–Kier alpha value is -3.39. The van der Waals surface area contributed by atoms with Crippen LogP contribution in [0.25, 0.3) is 6.08 Å². The summed E-state index contributed by atoms with van der Waals surface area (Å²) in [6.07, 6.45) is 1.21. The first-order chi connectivity index (χ1) is 16.7. The molecule has 1 aliphatic rings. The Labute approximate surface area is 214 Å². The molecule has 1 saturated heterocycles.